The van der Waals surface area contributed by atoms with Crippen LogP contribution in [-0.4, -0.2) is 22.7 Å². The van der Waals surface area contributed by atoms with Gasteiger partial charge in [-0.1, -0.05) is 0 Å². The first-order chi connectivity index (χ1) is 7.95. The highest BCUT2D eigenvalue weighted by atomic mass is 19.3. The molecule has 0 atom stereocenters. The molecule has 0 aliphatic heterocycles. The van der Waals surface area contributed by atoms with Crippen LogP contribution >= 0.6 is 0 Å². The van der Waals surface area contributed by atoms with Gasteiger partial charge in [-0.2, -0.15) is 0 Å². The minimum Gasteiger partial charge on any atom is -0.494 e. The third-order valence-corrected chi connectivity index (χ3v) is 2.02. The summed E-state index contributed by atoms with van der Waals surface area (Å²) < 4.78 is 29.8. The molecule has 7 heteroatoms. The number of ether oxygens (including phenoxy) is 1. The fourth-order valence-corrected chi connectivity index (χ4v) is 1.33. The van der Waals surface area contributed by atoms with E-state index in [1.54, 1.807) is 6.92 Å². The molecule has 0 aliphatic rings. The van der Waals surface area contributed by atoms with E-state index in [4.69, 9.17) is 0 Å². The van der Waals surface area contributed by atoms with E-state index in [0.717, 1.165) is 0 Å². The van der Waals surface area contributed by atoms with Crippen LogP contribution in [0.5, 0.6) is 5.88 Å². The highest BCUT2D eigenvalue weighted by Gasteiger charge is 2.20. The van der Waals surface area contributed by atoms with Crippen molar-refractivity contribution in [2.24, 2.45) is 0 Å². The molecule has 0 aromatic carbocycles. The molecular weight excluding hydrogens is 236 g/mol. The average Bonchev–Trinajstić information content (AvgIpc) is 2.21. The predicted molar refractivity (Wildman–Crippen MR) is 54.0 cm³/mol. The molecule has 0 amide bonds. The Hall–Kier alpha value is -1.92. The van der Waals surface area contributed by atoms with E-state index in [1.807, 2.05) is 4.98 Å². The third-order valence-electron chi connectivity index (χ3n) is 2.02. The molecule has 0 radical (unpaired) electrons. The SMILES string of the molecule is CCOC(=O)Cc1c(C(F)F)cc(=O)[nH]c1O. The van der Waals surface area contributed by atoms with Crippen molar-refractivity contribution in [2.45, 2.75) is 19.8 Å². The first-order valence-electron chi connectivity index (χ1n) is 4.84. The largest absolute Gasteiger partial charge is 0.494 e. The van der Waals surface area contributed by atoms with Crippen LogP contribution in [-0.2, 0) is 16.0 Å². The first-order valence-corrected chi connectivity index (χ1v) is 4.84. The van der Waals surface area contributed by atoms with Gasteiger partial charge in [0.05, 0.1) is 13.0 Å². The van der Waals surface area contributed by atoms with Crippen LogP contribution in [0.2, 0.25) is 0 Å². The molecular formula is C10H11F2NO4. The van der Waals surface area contributed by atoms with Crippen LogP contribution in [0.1, 0.15) is 24.5 Å². The lowest BCUT2D eigenvalue weighted by molar-refractivity contribution is -0.142. The van der Waals surface area contributed by atoms with Gasteiger partial charge >= 0.3 is 5.97 Å². The van der Waals surface area contributed by atoms with Crippen LogP contribution in [0.15, 0.2) is 10.9 Å². The molecule has 2 N–H and O–H groups in total. The van der Waals surface area contributed by atoms with E-state index in [1.165, 1.54) is 0 Å². The van der Waals surface area contributed by atoms with Gasteiger partial charge in [-0.05, 0) is 6.92 Å². The highest BCUT2D eigenvalue weighted by Crippen LogP contribution is 2.26. The molecule has 0 fully saturated rings. The number of rotatable bonds is 4. The van der Waals surface area contributed by atoms with Crippen molar-refractivity contribution < 1.29 is 23.4 Å². The lowest BCUT2D eigenvalue weighted by Gasteiger charge is -2.09. The number of H-pyrrole nitrogens is 1. The van der Waals surface area contributed by atoms with Gasteiger partial charge in [0.25, 0.3) is 12.0 Å². The molecule has 94 valence electrons. The zero-order valence-electron chi connectivity index (χ0n) is 9.00. The summed E-state index contributed by atoms with van der Waals surface area (Å²) >= 11 is 0. The summed E-state index contributed by atoms with van der Waals surface area (Å²) in [4.78, 5) is 24.0. The van der Waals surface area contributed by atoms with Crippen LogP contribution in [0, 0.1) is 0 Å². The highest BCUT2D eigenvalue weighted by molar-refractivity contribution is 5.73. The van der Waals surface area contributed by atoms with Gasteiger partial charge in [0.2, 0.25) is 0 Å². The van der Waals surface area contributed by atoms with Crippen LogP contribution in [0.4, 0.5) is 8.78 Å². The van der Waals surface area contributed by atoms with Gasteiger partial charge in [-0.3, -0.25) is 14.6 Å². The molecule has 1 aromatic heterocycles. The number of carbonyl (C=O) groups is 1. The van der Waals surface area contributed by atoms with Gasteiger partial charge < -0.3 is 9.84 Å². The number of hydrogen-bond acceptors (Lipinski definition) is 4. The van der Waals surface area contributed by atoms with Crippen molar-refractivity contribution >= 4 is 5.97 Å². The topological polar surface area (TPSA) is 79.4 Å². The van der Waals surface area contributed by atoms with Crippen molar-refractivity contribution in [1.82, 2.24) is 4.98 Å². The molecule has 5 nitrogen and oxygen atoms in total. The number of carbonyl (C=O) groups excluding carboxylic acids is 1. The maximum atomic E-state index is 12.6. The Morgan fingerprint density at radius 1 is 1.59 bits per heavy atom. The standard InChI is InChI=1S/C10H11F2NO4/c1-2-17-8(15)4-6-5(9(11)12)3-7(14)13-10(6)16/h3,9H,2,4H2,1H3,(H2,13,14,16). The summed E-state index contributed by atoms with van der Waals surface area (Å²) in [6, 6.07) is 0.652. The summed E-state index contributed by atoms with van der Waals surface area (Å²) in [5.41, 5.74) is -1.84. The van der Waals surface area contributed by atoms with E-state index in [9.17, 15) is 23.5 Å². The smallest absolute Gasteiger partial charge is 0.310 e. The lowest BCUT2D eigenvalue weighted by Crippen LogP contribution is -2.14. The van der Waals surface area contributed by atoms with E-state index in [-0.39, 0.29) is 12.2 Å². The van der Waals surface area contributed by atoms with Crippen LogP contribution in [0.3, 0.4) is 0 Å². The maximum Gasteiger partial charge on any atom is 0.310 e. The normalized spacial score (nSPS) is 10.6. The summed E-state index contributed by atoms with van der Waals surface area (Å²) in [7, 11) is 0. The van der Waals surface area contributed by atoms with Crippen molar-refractivity contribution in [1.29, 1.82) is 0 Å². The molecule has 0 saturated carbocycles. The van der Waals surface area contributed by atoms with Crippen molar-refractivity contribution in [3.8, 4) is 5.88 Å². The zero-order chi connectivity index (χ0) is 13.0. The Morgan fingerprint density at radius 2 is 2.24 bits per heavy atom. The summed E-state index contributed by atoms with van der Waals surface area (Å²) in [6.07, 6.45) is -3.47. The molecule has 0 aliphatic carbocycles. The van der Waals surface area contributed by atoms with Crippen molar-refractivity contribution in [3.63, 3.8) is 0 Å². The number of nitrogens with one attached hydrogen (secondary N) is 1. The molecule has 1 heterocycles. The summed E-state index contributed by atoms with van der Waals surface area (Å²) in [6.45, 7) is 1.67. The molecule has 0 spiro atoms. The van der Waals surface area contributed by atoms with Gasteiger partial charge in [-0.15, -0.1) is 0 Å². The molecule has 1 aromatic rings. The number of hydrogen-bond donors (Lipinski definition) is 2. The van der Waals surface area contributed by atoms with Crippen LogP contribution in [0.25, 0.3) is 0 Å². The molecule has 0 unspecified atom stereocenters. The van der Waals surface area contributed by atoms with E-state index in [2.05, 4.69) is 4.74 Å². The number of esters is 1. The van der Waals surface area contributed by atoms with E-state index in [0.29, 0.717) is 6.07 Å². The van der Waals surface area contributed by atoms with Gasteiger partial charge in [0.15, 0.2) is 5.88 Å². The second-order valence-electron chi connectivity index (χ2n) is 3.20. The minimum atomic E-state index is -2.95. The summed E-state index contributed by atoms with van der Waals surface area (Å²) in [5.74, 6) is -1.49. The van der Waals surface area contributed by atoms with Crippen LogP contribution < -0.4 is 5.56 Å². The second-order valence-corrected chi connectivity index (χ2v) is 3.20. The number of alkyl halides is 2. The molecule has 0 bridgehead atoms. The number of aromatic hydroxyl groups is 1. The van der Waals surface area contributed by atoms with Gasteiger partial charge in [0, 0.05) is 17.2 Å². The monoisotopic (exact) mass is 247 g/mol. The predicted octanol–water partition coefficient (Wildman–Crippen LogP) is 1.12. The lowest BCUT2D eigenvalue weighted by atomic mass is 10.1. The first kappa shape index (κ1) is 13.1. The fourth-order valence-electron chi connectivity index (χ4n) is 1.33. The number of halogens is 2. The minimum absolute atomic E-state index is 0.104. The molecule has 17 heavy (non-hydrogen) atoms. The fraction of sp³-hybridized carbons (Fsp3) is 0.400. The van der Waals surface area contributed by atoms with Gasteiger partial charge in [0.1, 0.15) is 0 Å². The van der Waals surface area contributed by atoms with Crippen molar-refractivity contribution in [3.05, 3.63) is 27.5 Å². The Balaban J connectivity index is 3.12. The van der Waals surface area contributed by atoms with Gasteiger partial charge in [-0.25, -0.2) is 8.78 Å². The number of aromatic amines is 1. The second kappa shape index (κ2) is 5.42. The maximum absolute atomic E-state index is 12.6. The summed E-state index contributed by atoms with van der Waals surface area (Å²) in [5, 5.41) is 9.34. The average molecular weight is 247 g/mol. The number of pyridine rings is 1. The Bertz CT molecular complexity index is 470. The quantitative estimate of drug-likeness (QED) is 0.781. The Labute approximate surface area is 95.0 Å². The van der Waals surface area contributed by atoms with E-state index < -0.39 is 35.8 Å². The van der Waals surface area contributed by atoms with Crippen molar-refractivity contribution in [2.75, 3.05) is 6.61 Å². The Kier molecular flexibility index (Phi) is 4.19. The molecule has 0 saturated heterocycles. The molecule has 1 rings (SSSR count). The zero-order valence-corrected chi connectivity index (χ0v) is 9.00. The Morgan fingerprint density at radius 3 is 2.76 bits per heavy atom. The third kappa shape index (κ3) is 3.27. The number of aromatic nitrogens is 1. The van der Waals surface area contributed by atoms with E-state index >= 15 is 0 Å².